The van der Waals surface area contributed by atoms with Crippen LogP contribution in [0.5, 0.6) is 0 Å². The van der Waals surface area contributed by atoms with Gasteiger partial charge in [0.15, 0.2) is 0 Å². The number of carbonyl (C=O) groups is 2. The Kier molecular flexibility index (Phi) is 6.16. The second kappa shape index (κ2) is 8.33. The van der Waals surface area contributed by atoms with Crippen LogP contribution in [0.1, 0.15) is 18.2 Å². The van der Waals surface area contributed by atoms with Crippen molar-refractivity contribution < 1.29 is 9.59 Å². The van der Waals surface area contributed by atoms with Crippen LogP contribution in [-0.4, -0.2) is 30.5 Å². The van der Waals surface area contributed by atoms with Gasteiger partial charge in [0.05, 0.1) is 0 Å². The first-order chi connectivity index (χ1) is 12.3. The number of nitrogens with one attached hydrogen (secondary N) is 2. The monoisotopic (exact) mass is 356 g/mol. The van der Waals surface area contributed by atoms with Gasteiger partial charge in [-0.05, 0) is 36.8 Å². The molecule has 2 rings (SSSR count). The molecule has 0 unspecified atom stereocenters. The van der Waals surface area contributed by atoms with E-state index in [1.165, 1.54) is 11.5 Å². The number of hydrogen-bond acceptors (Lipinski definition) is 4. The van der Waals surface area contributed by atoms with Gasteiger partial charge in [0.2, 0.25) is 11.8 Å². The summed E-state index contributed by atoms with van der Waals surface area (Å²) < 4.78 is 1.34. The van der Waals surface area contributed by atoms with Gasteiger partial charge in [-0.3, -0.25) is 14.4 Å². The zero-order valence-electron chi connectivity index (χ0n) is 15.5. The van der Waals surface area contributed by atoms with Crippen molar-refractivity contribution in [2.75, 3.05) is 24.3 Å². The highest BCUT2D eigenvalue weighted by atomic mass is 16.2. The maximum absolute atomic E-state index is 12.4. The van der Waals surface area contributed by atoms with E-state index in [1.807, 2.05) is 43.3 Å². The molecule has 0 atom stereocenters. The highest BCUT2D eigenvalue weighted by Gasteiger charge is 2.11. The minimum atomic E-state index is -0.398. The Labute approximate surface area is 152 Å². The Balaban J connectivity index is 2.03. The molecular formula is C19H24N4O3. The van der Waals surface area contributed by atoms with E-state index in [4.69, 9.17) is 0 Å². The van der Waals surface area contributed by atoms with E-state index in [-0.39, 0.29) is 24.0 Å². The molecule has 2 aromatic rings. The van der Waals surface area contributed by atoms with Gasteiger partial charge >= 0.3 is 0 Å². The summed E-state index contributed by atoms with van der Waals surface area (Å²) in [5, 5.41) is 5.29. The van der Waals surface area contributed by atoms with Crippen LogP contribution in [0.2, 0.25) is 0 Å². The van der Waals surface area contributed by atoms with Crippen LogP contribution in [0, 0.1) is 6.92 Å². The van der Waals surface area contributed by atoms with E-state index >= 15 is 0 Å². The molecule has 0 aliphatic rings. The second-order valence-corrected chi connectivity index (χ2v) is 6.30. The number of benzene rings is 1. The van der Waals surface area contributed by atoms with Gasteiger partial charge in [0.25, 0.3) is 5.56 Å². The first kappa shape index (κ1) is 19.2. The topological polar surface area (TPSA) is 83.4 Å². The standard InChI is InChI=1S/C19H24N4O3/c1-13-5-10-17(21-14(2)24)19(26)23(13)12-18(25)20-11-15-6-8-16(9-7-15)22(3)4/h5-10H,11-12H2,1-4H3,(H,20,25)(H,21,24). The molecule has 0 saturated heterocycles. The maximum Gasteiger partial charge on any atom is 0.274 e. The summed E-state index contributed by atoms with van der Waals surface area (Å²) in [6, 6.07) is 11.1. The van der Waals surface area contributed by atoms with Crippen molar-refractivity contribution in [3.05, 3.63) is 58.0 Å². The molecule has 26 heavy (non-hydrogen) atoms. The number of hydrogen-bond donors (Lipinski definition) is 2. The summed E-state index contributed by atoms with van der Waals surface area (Å²) in [5.41, 5.74) is 2.47. The fourth-order valence-corrected chi connectivity index (χ4v) is 2.46. The van der Waals surface area contributed by atoms with Gasteiger partial charge in [-0.25, -0.2) is 0 Å². The van der Waals surface area contributed by atoms with Gasteiger partial charge < -0.3 is 20.1 Å². The third-order valence-corrected chi connectivity index (χ3v) is 3.95. The van der Waals surface area contributed by atoms with Crippen molar-refractivity contribution >= 4 is 23.2 Å². The number of amides is 2. The average molecular weight is 356 g/mol. The fraction of sp³-hybridized carbons (Fsp3) is 0.316. The number of aryl methyl sites for hydroxylation is 1. The van der Waals surface area contributed by atoms with E-state index in [0.717, 1.165) is 11.3 Å². The summed E-state index contributed by atoms with van der Waals surface area (Å²) in [6.07, 6.45) is 0. The molecule has 7 heteroatoms. The Hall–Kier alpha value is -3.09. The molecule has 0 fully saturated rings. The van der Waals surface area contributed by atoms with Crippen LogP contribution < -0.4 is 21.1 Å². The molecular weight excluding hydrogens is 332 g/mol. The van der Waals surface area contributed by atoms with Crippen molar-refractivity contribution in [3.8, 4) is 0 Å². The average Bonchev–Trinajstić information content (AvgIpc) is 2.59. The summed E-state index contributed by atoms with van der Waals surface area (Å²) in [7, 11) is 3.93. The molecule has 2 amide bonds. The normalized spacial score (nSPS) is 10.3. The van der Waals surface area contributed by atoms with Crippen LogP contribution in [0.15, 0.2) is 41.2 Å². The van der Waals surface area contributed by atoms with Crippen molar-refractivity contribution in [1.29, 1.82) is 0 Å². The van der Waals surface area contributed by atoms with Crippen molar-refractivity contribution in [2.45, 2.75) is 26.9 Å². The van der Waals surface area contributed by atoms with Crippen molar-refractivity contribution in [1.82, 2.24) is 9.88 Å². The third kappa shape index (κ3) is 4.95. The Morgan fingerprint density at radius 3 is 2.31 bits per heavy atom. The zero-order valence-corrected chi connectivity index (χ0v) is 15.5. The fourth-order valence-electron chi connectivity index (χ4n) is 2.46. The molecule has 1 heterocycles. The van der Waals surface area contributed by atoms with E-state index < -0.39 is 5.56 Å². The number of carbonyl (C=O) groups excluding carboxylic acids is 2. The molecule has 7 nitrogen and oxygen atoms in total. The minimum Gasteiger partial charge on any atom is -0.378 e. The summed E-state index contributed by atoms with van der Waals surface area (Å²) in [6.45, 7) is 3.35. The first-order valence-electron chi connectivity index (χ1n) is 8.29. The Bertz CT molecular complexity index is 854. The summed E-state index contributed by atoms with van der Waals surface area (Å²) in [4.78, 5) is 37.8. The highest BCUT2D eigenvalue weighted by Crippen LogP contribution is 2.12. The lowest BCUT2D eigenvalue weighted by atomic mass is 10.2. The summed E-state index contributed by atoms with van der Waals surface area (Å²) in [5.74, 6) is -0.602. The Morgan fingerprint density at radius 1 is 1.08 bits per heavy atom. The predicted octanol–water partition coefficient (Wildman–Crippen LogP) is 1.50. The molecule has 0 spiro atoms. The number of aromatic nitrogens is 1. The van der Waals surface area contributed by atoms with E-state index in [9.17, 15) is 14.4 Å². The summed E-state index contributed by atoms with van der Waals surface area (Å²) >= 11 is 0. The van der Waals surface area contributed by atoms with Gasteiger partial charge in [0.1, 0.15) is 12.2 Å². The van der Waals surface area contributed by atoms with Gasteiger partial charge in [-0.15, -0.1) is 0 Å². The molecule has 0 aliphatic heterocycles. The lowest BCUT2D eigenvalue weighted by Crippen LogP contribution is -2.34. The minimum absolute atomic E-state index is 0.103. The molecule has 138 valence electrons. The molecule has 0 bridgehead atoms. The second-order valence-electron chi connectivity index (χ2n) is 6.30. The number of rotatable bonds is 6. The van der Waals surface area contributed by atoms with Crippen LogP contribution in [0.25, 0.3) is 0 Å². The van der Waals surface area contributed by atoms with Crippen molar-refractivity contribution in [3.63, 3.8) is 0 Å². The van der Waals surface area contributed by atoms with Crippen LogP contribution in [0.3, 0.4) is 0 Å². The highest BCUT2D eigenvalue weighted by molar-refractivity contribution is 5.88. The first-order valence-corrected chi connectivity index (χ1v) is 8.29. The molecule has 1 aromatic heterocycles. The van der Waals surface area contributed by atoms with Crippen LogP contribution >= 0.6 is 0 Å². The van der Waals surface area contributed by atoms with Crippen molar-refractivity contribution in [2.24, 2.45) is 0 Å². The predicted molar refractivity (Wildman–Crippen MR) is 102 cm³/mol. The molecule has 1 aromatic carbocycles. The molecule has 0 aliphatic carbocycles. The van der Waals surface area contributed by atoms with E-state index in [2.05, 4.69) is 10.6 Å². The quantitative estimate of drug-likeness (QED) is 0.822. The third-order valence-electron chi connectivity index (χ3n) is 3.95. The largest absolute Gasteiger partial charge is 0.378 e. The van der Waals surface area contributed by atoms with Gasteiger partial charge in [-0.1, -0.05) is 12.1 Å². The number of pyridine rings is 1. The Morgan fingerprint density at radius 2 is 1.73 bits per heavy atom. The van der Waals surface area contributed by atoms with Crippen LogP contribution in [0.4, 0.5) is 11.4 Å². The number of anilines is 2. The van der Waals surface area contributed by atoms with E-state index in [1.54, 1.807) is 19.1 Å². The lowest BCUT2D eigenvalue weighted by molar-refractivity contribution is -0.121. The number of nitrogens with zero attached hydrogens (tertiary/aromatic N) is 2. The maximum atomic E-state index is 12.4. The smallest absolute Gasteiger partial charge is 0.274 e. The molecule has 2 N–H and O–H groups in total. The van der Waals surface area contributed by atoms with Gasteiger partial charge in [0, 0.05) is 38.9 Å². The molecule has 0 saturated carbocycles. The molecule has 0 radical (unpaired) electrons. The SMILES string of the molecule is CC(=O)Nc1ccc(C)n(CC(=O)NCc2ccc(N(C)C)cc2)c1=O. The zero-order chi connectivity index (χ0) is 19.3. The van der Waals surface area contributed by atoms with Gasteiger partial charge in [-0.2, -0.15) is 0 Å². The van der Waals surface area contributed by atoms with Crippen LogP contribution in [-0.2, 0) is 22.7 Å². The lowest BCUT2D eigenvalue weighted by Gasteiger charge is -2.14. The van der Waals surface area contributed by atoms with E-state index in [0.29, 0.717) is 12.2 Å².